The molecule has 0 spiro atoms. The molecule has 128 valence electrons. The first-order valence-corrected chi connectivity index (χ1v) is 7.30. The van der Waals surface area contributed by atoms with Crippen molar-refractivity contribution in [2.24, 2.45) is 7.05 Å². The number of carbonyl (C=O) groups is 1. The maximum Gasteiger partial charge on any atom is 0.416 e. The number of benzene rings is 2. The number of hydrogen-bond donors (Lipinski definition) is 1. The summed E-state index contributed by atoms with van der Waals surface area (Å²) in [5.41, 5.74) is 0.655. The second-order valence-corrected chi connectivity index (χ2v) is 5.53. The highest BCUT2D eigenvalue weighted by atomic mass is 19.4. The molecular weight excluding hydrogens is 333 g/mol. The molecule has 25 heavy (non-hydrogen) atoms. The Labute approximate surface area is 141 Å². The van der Waals surface area contributed by atoms with Crippen molar-refractivity contribution in [1.29, 1.82) is 0 Å². The van der Waals surface area contributed by atoms with Crippen LogP contribution in [0.2, 0.25) is 0 Å². The SMILES string of the molecule is Cn1cc(-c2cccc(C(F)(F)F)c2)nc1-c1cccc(C(=O)O)c1. The standard InChI is InChI=1S/C18H13F3N2O2/c1-23-10-15(11-4-3-7-14(9-11)18(19,20)21)22-16(23)12-5-2-6-13(8-12)17(24)25/h2-10H,1H3,(H,24,25). The smallest absolute Gasteiger partial charge is 0.416 e. The Morgan fingerprint density at radius 1 is 1.08 bits per heavy atom. The fourth-order valence-corrected chi connectivity index (χ4v) is 2.52. The number of halogens is 3. The fraction of sp³-hybridized carbons (Fsp3) is 0.111. The minimum Gasteiger partial charge on any atom is -0.478 e. The third-order valence-corrected chi connectivity index (χ3v) is 3.73. The molecule has 0 radical (unpaired) electrons. The van der Waals surface area contributed by atoms with Gasteiger partial charge in [0.1, 0.15) is 5.82 Å². The molecule has 1 heterocycles. The summed E-state index contributed by atoms with van der Waals surface area (Å²) in [5.74, 6) is -0.593. The predicted octanol–water partition coefficient (Wildman–Crippen LogP) is 4.47. The van der Waals surface area contributed by atoms with Gasteiger partial charge in [0.2, 0.25) is 0 Å². The second kappa shape index (κ2) is 6.08. The molecule has 0 aliphatic heterocycles. The van der Waals surface area contributed by atoms with Gasteiger partial charge in [0.05, 0.1) is 16.8 Å². The Bertz CT molecular complexity index is 945. The molecule has 0 saturated carbocycles. The van der Waals surface area contributed by atoms with Gasteiger partial charge in [-0.1, -0.05) is 24.3 Å². The lowest BCUT2D eigenvalue weighted by Crippen LogP contribution is -2.04. The van der Waals surface area contributed by atoms with Crippen LogP contribution in [0.25, 0.3) is 22.6 Å². The topological polar surface area (TPSA) is 55.1 Å². The van der Waals surface area contributed by atoms with Crippen LogP contribution in [-0.2, 0) is 13.2 Å². The number of nitrogens with zero attached hydrogens (tertiary/aromatic N) is 2. The van der Waals surface area contributed by atoms with Crippen LogP contribution in [0.4, 0.5) is 13.2 Å². The normalized spacial score (nSPS) is 11.5. The molecule has 0 atom stereocenters. The van der Waals surface area contributed by atoms with Crippen LogP contribution in [0.1, 0.15) is 15.9 Å². The van der Waals surface area contributed by atoms with Gasteiger partial charge in [0, 0.05) is 24.4 Å². The van der Waals surface area contributed by atoms with Crippen LogP contribution in [0.5, 0.6) is 0 Å². The number of carboxylic acids is 1. The van der Waals surface area contributed by atoms with E-state index in [0.29, 0.717) is 22.6 Å². The van der Waals surface area contributed by atoms with E-state index >= 15 is 0 Å². The van der Waals surface area contributed by atoms with Crippen molar-refractivity contribution in [3.63, 3.8) is 0 Å². The third-order valence-electron chi connectivity index (χ3n) is 3.73. The average Bonchev–Trinajstić information content (AvgIpc) is 2.96. The highest BCUT2D eigenvalue weighted by Gasteiger charge is 2.30. The van der Waals surface area contributed by atoms with Crippen molar-refractivity contribution in [3.05, 3.63) is 65.9 Å². The molecule has 0 unspecified atom stereocenters. The zero-order chi connectivity index (χ0) is 18.2. The van der Waals surface area contributed by atoms with Crippen molar-refractivity contribution in [3.8, 4) is 22.6 Å². The van der Waals surface area contributed by atoms with Crippen molar-refractivity contribution in [1.82, 2.24) is 9.55 Å². The molecule has 0 amide bonds. The number of aryl methyl sites for hydroxylation is 1. The van der Waals surface area contributed by atoms with E-state index in [0.717, 1.165) is 12.1 Å². The third kappa shape index (κ3) is 3.40. The van der Waals surface area contributed by atoms with Crippen LogP contribution in [-0.4, -0.2) is 20.6 Å². The molecule has 1 aromatic heterocycles. The summed E-state index contributed by atoms with van der Waals surface area (Å²) in [4.78, 5) is 15.5. The number of carboxylic acid groups (broad SMARTS) is 1. The van der Waals surface area contributed by atoms with Gasteiger partial charge in [-0.2, -0.15) is 13.2 Å². The van der Waals surface area contributed by atoms with E-state index in [1.54, 1.807) is 36.0 Å². The lowest BCUT2D eigenvalue weighted by molar-refractivity contribution is -0.137. The summed E-state index contributed by atoms with van der Waals surface area (Å²) >= 11 is 0. The van der Waals surface area contributed by atoms with Gasteiger partial charge >= 0.3 is 12.1 Å². The van der Waals surface area contributed by atoms with Gasteiger partial charge in [-0.05, 0) is 24.3 Å². The quantitative estimate of drug-likeness (QED) is 0.761. The van der Waals surface area contributed by atoms with Crippen LogP contribution in [0.15, 0.2) is 54.7 Å². The molecule has 4 nitrogen and oxygen atoms in total. The van der Waals surface area contributed by atoms with Crippen LogP contribution in [0, 0.1) is 0 Å². The van der Waals surface area contributed by atoms with Crippen molar-refractivity contribution >= 4 is 5.97 Å². The summed E-state index contributed by atoms with van der Waals surface area (Å²) < 4.78 is 40.3. The molecule has 1 N–H and O–H groups in total. The molecule has 0 fully saturated rings. The van der Waals surface area contributed by atoms with Crippen molar-refractivity contribution in [2.75, 3.05) is 0 Å². The first-order valence-electron chi connectivity index (χ1n) is 7.30. The van der Waals surface area contributed by atoms with Crippen LogP contribution in [0.3, 0.4) is 0 Å². The number of alkyl halides is 3. The van der Waals surface area contributed by atoms with Gasteiger partial charge in [-0.3, -0.25) is 0 Å². The zero-order valence-electron chi connectivity index (χ0n) is 13.1. The first-order chi connectivity index (χ1) is 11.8. The Morgan fingerprint density at radius 3 is 2.44 bits per heavy atom. The maximum atomic E-state index is 12.9. The van der Waals surface area contributed by atoms with E-state index in [1.807, 2.05) is 0 Å². The fourth-order valence-electron chi connectivity index (χ4n) is 2.52. The molecule has 7 heteroatoms. The minimum absolute atomic E-state index is 0.112. The van der Waals surface area contributed by atoms with Gasteiger partial charge in [-0.15, -0.1) is 0 Å². The Hall–Kier alpha value is -3.09. The molecule has 0 aliphatic rings. The van der Waals surface area contributed by atoms with E-state index in [9.17, 15) is 18.0 Å². The summed E-state index contributed by atoms with van der Waals surface area (Å²) in [7, 11) is 1.70. The highest BCUT2D eigenvalue weighted by Crippen LogP contribution is 2.32. The number of hydrogen-bond acceptors (Lipinski definition) is 2. The second-order valence-electron chi connectivity index (χ2n) is 5.53. The van der Waals surface area contributed by atoms with Gasteiger partial charge in [-0.25, -0.2) is 9.78 Å². The summed E-state index contributed by atoms with van der Waals surface area (Å²) in [6.45, 7) is 0. The lowest BCUT2D eigenvalue weighted by atomic mass is 10.1. The lowest BCUT2D eigenvalue weighted by Gasteiger charge is -2.07. The van der Waals surface area contributed by atoms with Gasteiger partial charge in [0.25, 0.3) is 0 Å². The van der Waals surface area contributed by atoms with Gasteiger partial charge < -0.3 is 9.67 Å². The molecule has 0 aliphatic carbocycles. The molecule has 0 bridgehead atoms. The van der Waals surface area contributed by atoms with Gasteiger partial charge in [0.15, 0.2) is 0 Å². The molecule has 3 rings (SSSR count). The highest BCUT2D eigenvalue weighted by molar-refractivity contribution is 5.89. The van der Waals surface area contributed by atoms with Crippen molar-refractivity contribution < 1.29 is 23.1 Å². The predicted molar refractivity (Wildman–Crippen MR) is 86.0 cm³/mol. The minimum atomic E-state index is -4.43. The molecule has 2 aromatic carbocycles. The number of aromatic nitrogens is 2. The Balaban J connectivity index is 2.04. The van der Waals surface area contributed by atoms with Crippen molar-refractivity contribution in [2.45, 2.75) is 6.18 Å². The van der Waals surface area contributed by atoms with Crippen LogP contribution >= 0.6 is 0 Å². The monoisotopic (exact) mass is 346 g/mol. The summed E-state index contributed by atoms with van der Waals surface area (Å²) in [6, 6.07) is 11.2. The first kappa shape index (κ1) is 16.8. The summed E-state index contributed by atoms with van der Waals surface area (Å²) in [6.07, 6.45) is -2.82. The maximum absolute atomic E-state index is 12.9. The Kier molecular flexibility index (Phi) is 4.08. The van der Waals surface area contributed by atoms with Crippen LogP contribution < -0.4 is 0 Å². The largest absolute Gasteiger partial charge is 0.478 e. The van der Waals surface area contributed by atoms with E-state index in [4.69, 9.17) is 5.11 Å². The molecule has 0 saturated heterocycles. The van der Waals surface area contributed by atoms with E-state index in [-0.39, 0.29) is 5.56 Å². The number of rotatable bonds is 3. The summed E-state index contributed by atoms with van der Waals surface area (Å²) in [5, 5.41) is 9.08. The van der Waals surface area contributed by atoms with E-state index < -0.39 is 17.7 Å². The van der Waals surface area contributed by atoms with E-state index in [1.165, 1.54) is 18.2 Å². The molecule has 3 aromatic rings. The number of aromatic carboxylic acids is 1. The molecular formula is C18H13F3N2O2. The Morgan fingerprint density at radius 2 is 1.76 bits per heavy atom. The number of imidazole rings is 1. The average molecular weight is 346 g/mol. The van der Waals surface area contributed by atoms with E-state index in [2.05, 4.69) is 4.98 Å². The zero-order valence-corrected chi connectivity index (χ0v) is 13.1.